The molecule has 1 saturated carbocycles. The first-order chi connectivity index (χ1) is 19.3. The van der Waals surface area contributed by atoms with E-state index >= 15 is 0 Å². The Kier molecular flexibility index (Phi) is 9.21. The molecule has 40 heavy (non-hydrogen) atoms. The summed E-state index contributed by atoms with van der Waals surface area (Å²) < 4.78 is 34.7. The molecule has 0 spiro atoms. The zero-order chi connectivity index (χ0) is 28.3. The van der Waals surface area contributed by atoms with E-state index in [1.165, 1.54) is 21.2 Å². The Labute approximate surface area is 242 Å². The monoisotopic (exact) mass is 584 g/mol. The Bertz CT molecular complexity index is 1430. The number of nitrogens with zero attached hydrogens (tertiary/aromatic N) is 4. The van der Waals surface area contributed by atoms with E-state index in [0.29, 0.717) is 17.2 Å². The topological polar surface area (TPSA) is 83.0 Å². The maximum Gasteiger partial charge on any atom is 0.260 e. The number of thiazole rings is 1. The molecule has 1 saturated heterocycles. The number of rotatable bonds is 9. The smallest absolute Gasteiger partial charge is 0.260 e. The zero-order valence-electron chi connectivity index (χ0n) is 23.8. The molecule has 1 aliphatic carbocycles. The fraction of sp³-hybridized carbons (Fsp3) is 0.533. The van der Waals surface area contributed by atoms with Crippen LogP contribution in [0, 0.1) is 13.8 Å². The minimum atomic E-state index is -3.62. The van der Waals surface area contributed by atoms with Crippen LogP contribution in [0.4, 0.5) is 5.13 Å². The number of anilines is 1. The molecule has 3 aromatic rings. The quantitative estimate of drug-likeness (QED) is 0.342. The van der Waals surface area contributed by atoms with Gasteiger partial charge in [-0.25, -0.2) is 13.4 Å². The Morgan fingerprint density at radius 3 is 2.45 bits per heavy atom. The number of hydrogen-bond acceptors (Lipinski definition) is 7. The third-order valence-corrected chi connectivity index (χ3v) is 11.3. The summed E-state index contributed by atoms with van der Waals surface area (Å²) >= 11 is 1.52. The van der Waals surface area contributed by atoms with E-state index in [0.717, 1.165) is 87.2 Å². The van der Waals surface area contributed by atoms with E-state index in [9.17, 15) is 13.2 Å². The predicted molar refractivity (Wildman–Crippen MR) is 161 cm³/mol. The second-order valence-electron chi connectivity index (χ2n) is 11.0. The van der Waals surface area contributed by atoms with Gasteiger partial charge in [0.1, 0.15) is 0 Å². The lowest BCUT2D eigenvalue weighted by molar-refractivity contribution is 0.0376. The van der Waals surface area contributed by atoms with Crippen molar-refractivity contribution in [2.45, 2.75) is 63.3 Å². The van der Waals surface area contributed by atoms with Crippen LogP contribution in [0.3, 0.4) is 0 Å². The maximum atomic E-state index is 13.9. The van der Waals surface area contributed by atoms with E-state index in [2.05, 4.69) is 30.9 Å². The van der Waals surface area contributed by atoms with Gasteiger partial charge in [-0.1, -0.05) is 36.7 Å². The molecule has 2 fully saturated rings. The van der Waals surface area contributed by atoms with Gasteiger partial charge in [0, 0.05) is 44.8 Å². The van der Waals surface area contributed by atoms with Gasteiger partial charge in [0.2, 0.25) is 10.0 Å². The van der Waals surface area contributed by atoms with Crippen LogP contribution >= 0.6 is 11.3 Å². The van der Waals surface area contributed by atoms with Gasteiger partial charge in [-0.2, -0.15) is 4.31 Å². The third-order valence-electron chi connectivity index (χ3n) is 8.38. The van der Waals surface area contributed by atoms with E-state index < -0.39 is 10.0 Å². The molecule has 216 valence electrons. The summed E-state index contributed by atoms with van der Waals surface area (Å²) in [6.45, 7) is 8.82. The Hall–Kier alpha value is -2.37. The van der Waals surface area contributed by atoms with Crippen LogP contribution in [0.25, 0.3) is 10.2 Å². The van der Waals surface area contributed by atoms with Crippen molar-refractivity contribution in [3.8, 4) is 0 Å². The minimum absolute atomic E-state index is 0.0353. The van der Waals surface area contributed by atoms with Crippen LogP contribution in [0.5, 0.6) is 0 Å². The standard InChI is InChI=1S/C30H40N4O4S2/c1-22-10-15-27-28(23(22)2)31-30(39-27)34(17-7-16-33-18-20-38-21-19-33)29(35)24-11-13-26(14-12-24)40(36,37)32(3)25-8-5-4-6-9-25/h10-15,25H,4-9,16-21H2,1-3H3. The largest absolute Gasteiger partial charge is 0.379 e. The highest BCUT2D eigenvalue weighted by atomic mass is 32.2. The second kappa shape index (κ2) is 12.7. The molecule has 1 aliphatic heterocycles. The fourth-order valence-electron chi connectivity index (χ4n) is 5.62. The first-order valence-corrected chi connectivity index (χ1v) is 16.6. The predicted octanol–water partition coefficient (Wildman–Crippen LogP) is 5.24. The number of benzene rings is 2. The summed E-state index contributed by atoms with van der Waals surface area (Å²) in [5, 5.41) is 0.671. The summed E-state index contributed by atoms with van der Waals surface area (Å²) in [5.74, 6) is -0.167. The van der Waals surface area contributed by atoms with Crippen LogP contribution in [0.1, 0.15) is 60.0 Å². The molecule has 2 heterocycles. The van der Waals surface area contributed by atoms with Gasteiger partial charge in [0.05, 0.1) is 28.3 Å². The molecular weight excluding hydrogens is 544 g/mol. The van der Waals surface area contributed by atoms with Crippen LogP contribution in [-0.2, 0) is 14.8 Å². The lowest BCUT2D eigenvalue weighted by Gasteiger charge is -2.30. The average molecular weight is 585 g/mol. The van der Waals surface area contributed by atoms with E-state index in [4.69, 9.17) is 9.72 Å². The van der Waals surface area contributed by atoms with Gasteiger partial charge >= 0.3 is 0 Å². The lowest BCUT2D eigenvalue weighted by atomic mass is 9.96. The summed E-state index contributed by atoms with van der Waals surface area (Å²) in [6, 6.07) is 10.6. The van der Waals surface area contributed by atoms with Crippen molar-refractivity contribution >= 4 is 42.6 Å². The highest BCUT2D eigenvalue weighted by Crippen LogP contribution is 2.33. The highest BCUT2D eigenvalue weighted by Gasteiger charge is 2.30. The van der Waals surface area contributed by atoms with Gasteiger partial charge in [-0.15, -0.1) is 0 Å². The van der Waals surface area contributed by atoms with Gasteiger partial charge in [-0.3, -0.25) is 14.6 Å². The molecule has 0 atom stereocenters. The van der Waals surface area contributed by atoms with E-state index in [1.54, 1.807) is 36.2 Å². The van der Waals surface area contributed by atoms with Crippen LogP contribution in [0.15, 0.2) is 41.3 Å². The summed E-state index contributed by atoms with van der Waals surface area (Å²) in [6.07, 6.45) is 5.88. The first kappa shape index (κ1) is 29.1. The molecule has 10 heteroatoms. The maximum absolute atomic E-state index is 13.9. The Morgan fingerprint density at radius 1 is 1.05 bits per heavy atom. The summed E-state index contributed by atoms with van der Waals surface area (Å²) in [7, 11) is -1.95. The number of aromatic nitrogens is 1. The lowest BCUT2D eigenvalue weighted by Crippen LogP contribution is -2.39. The van der Waals surface area contributed by atoms with Crippen LogP contribution in [-0.4, -0.2) is 81.0 Å². The average Bonchev–Trinajstić information content (AvgIpc) is 3.42. The minimum Gasteiger partial charge on any atom is -0.379 e. The van der Waals surface area contributed by atoms with Gasteiger partial charge < -0.3 is 4.74 Å². The molecule has 0 bridgehead atoms. The number of ether oxygens (including phenoxy) is 1. The number of morpholine rings is 1. The molecule has 0 radical (unpaired) electrons. The van der Waals surface area contributed by atoms with Crippen molar-refractivity contribution in [2.75, 3.05) is 51.3 Å². The van der Waals surface area contributed by atoms with Crippen LogP contribution in [0.2, 0.25) is 0 Å². The Balaban J connectivity index is 1.38. The number of carbonyl (C=O) groups is 1. The summed E-state index contributed by atoms with van der Waals surface area (Å²) in [4.78, 5) is 23.1. The van der Waals surface area contributed by atoms with E-state index in [-0.39, 0.29) is 16.8 Å². The van der Waals surface area contributed by atoms with Gasteiger partial charge in [0.15, 0.2) is 5.13 Å². The molecule has 1 aromatic heterocycles. The molecular formula is C30H40N4O4S2. The summed E-state index contributed by atoms with van der Waals surface area (Å²) in [5.41, 5.74) is 3.68. The van der Waals surface area contributed by atoms with Crippen molar-refractivity contribution in [1.29, 1.82) is 0 Å². The SMILES string of the molecule is Cc1ccc2sc(N(CCCN3CCOCC3)C(=O)c3ccc(S(=O)(=O)N(C)C4CCCCC4)cc3)nc2c1C. The van der Waals surface area contributed by atoms with Crippen molar-refractivity contribution < 1.29 is 17.9 Å². The van der Waals surface area contributed by atoms with Gasteiger partial charge in [-0.05, 0) is 74.6 Å². The molecule has 5 rings (SSSR count). The highest BCUT2D eigenvalue weighted by molar-refractivity contribution is 7.89. The van der Waals surface area contributed by atoms with Crippen molar-refractivity contribution in [3.63, 3.8) is 0 Å². The fourth-order valence-corrected chi connectivity index (χ4v) is 8.09. The molecule has 1 amide bonds. The van der Waals surface area contributed by atoms with Gasteiger partial charge in [0.25, 0.3) is 5.91 Å². The second-order valence-corrected chi connectivity index (χ2v) is 14.0. The number of fused-ring (bicyclic) bond motifs is 1. The number of carbonyl (C=O) groups excluding carboxylic acids is 1. The van der Waals surface area contributed by atoms with Crippen molar-refractivity contribution in [3.05, 3.63) is 53.1 Å². The number of sulfonamides is 1. The van der Waals surface area contributed by atoms with Crippen LogP contribution < -0.4 is 4.90 Å². The van der Waals surface area contributed by atoms with Crippen molar-refractivity contribution in [2.24, 2.45) is 0 Å². The molecule has 8 nitrogen and oxygen atoms in total. The normalized spacial score (nSPS) is 17.5. The van der Waals surface area contributed by atoms with E-state index in [1.807, 2.05) is 0 Å². The zero-order valence-corrected chi connectivity index (χ0v) is 25.4. The first-order valence-electron chi connectivity index (χ1n) is 14.3. The molecule has 0 N–H and O–H groups in total. The number of hydrogen-bond donors (Lipinski definition) is 0. The molecule has 0 unspecified atom stereocenters. The molecule has 2 aromatic carbocycles. The molecule has 2 aliphatic rings. The Morgan fingerprint density at radius 2 is 1.75 bits per heavy atom. The third kappa shape index (κ3) is 6.26. The number of aryl methyl sites for hydroxylation is 2. The number of amides is 1. The van der Waals surface area contributed by atoms with Crippen molar-refractivity contribution in [1.82, 2.24) is 14.2 Å².